The van der Waals surface area contributed by atoms with Gasteiger partial charge < -0.3 is 10.4 Å². The number of carbonyl (C=O) groups is 2. The second-order valence-corrected chi connectivity index (χ2v) is 3.92. The summed E-state index contributed by atoms with van der Waals surface area (Å²) >= 11 is 0. The van der Waals surface area contributed by atoms with Crippen molar-refractivity contribution in [3.05, 3.63) is 0 Å². The number of hydrogen-bond donors (Lipinski definition) is 2. The highest BCUT2D eigenvalue weighted by Gasteiger charge is 2.33. The van der Waals surface area contributed by atoms with E-state index in [9.17, 15) is 22.8 Å². The largest absolute Gasteiger partial charge is 0.480 e. The van der Waals surface area contributed by atoms with Crippen molar-refractivity contribution in [2.75, 3.05) is 19.6 Å². The van der Waals surface area contributed by atoms with Gasteiger partial charge in [-0.1, -0.05) is 0 Å². The molecule has 1 aliphatic carbocycles. The summed E-state index contributed by atoms with van der Waals surface area (Å²) in [5, 5.41) is 10.3. The highest BCUT2D eigenvalue weighted by molar-refractivity contribution is 5.79. The van der Waals surface area contributed by atoms with Gasteiger partial charge in [-0.3, -0.25) is 14.5 Å². The Labute approximate surface area is 95.6 Å². The minimum atomic E-state index is -4.45. The lowest BCUT2D eigenvalue weighted by Gasteiger charge is -2.19. The number of rotatable bonds is 6. The summed E-state index contributed by atoms with van der Waals surface area (Å²) in [4.78, 5) is 23.0. The Kier molecular flexibility index (Phi) is 4.33. The van der Waals surface area contributed by atoms with Crippen LogP contribution in [0.25, 0.3) is 0 Å². The molecule has 0 aromatic carbocycles. The maximum absolute atomic E-state index is 11.8. The molecule has 0 saturated heterocycles. The molecule has 98 valence electrons. The van der Waals surface area contributed by atoms with Crippen LogP contribution in [0.2, 0.25) is 0 Å². The van der Waals surface area contributed by atoms with Crippen LogP contribution in [0.3, 0.4) is 0 Å². The number of nitrogens with zero attached hydrogens (tertiary/aromatic N) is 1. The monoisotopic (exact) mass is 254 g/mol. The van der Waals surface area contributed by atoms with Gasteiger partial charge in [-0.15, -0.1) is 0 Å². The zero-order chi connectivity index (χ0) is 13.1. The molecule has 0 bridgehead atoms. The number of alkyl halides is 3. The van der Waals surface area contributed by atoms with E-state index in [1.165, 1.54) is 4.90 Å². The van der Waals surface area contributed by atoms with Crippen molar-refractivity contribution in [1.82, 2.24) is 10.2 Å². The summed E-state index contributed by atoms with van der Waals surface area (Å²) in [6.45, 7) is -2.03. The molecule has 1 saturated carbocycles. The molecule has 1 fully saturated rings. The quantitative estimate of drug-likeness (QED) is 0.711. The maximum Gasteiger partial charge on any atom is 0.405 e. The average molecular weight is 254 g/mol. The first-order chi connectivity index (χ1) is 7.78. The molecule has 0 heterocycles. The molecule has 2 N–H and O–H groups in total. The minimum absolute atomic E-state index is 0.00253. The Hall–Kier alpha value is -1.31. The topological polar surface area (TPSA) is 69.6 Å². The molecule has 0 spiro atoms. The number of amides is 1. The summed E-state index contributed by atoms with van der Waals surface area (Å²) in [7, 11) is 0. The van der Waals surface area contributed by atoms with Crippen LogP contribution in [0.5, 0.6) is 0 Å². The maximum atomic E-state index is 11.8. The smallest absolute Gasteiger partial charge is 0.405 e. The van der Waals surface area contributed by atoms with Crippen molar-refractivity contribution < 1.29 is 27.9 Å². The van der Waals surface area contributed by atoms with Crippen LogP contribution < -0.4 is 5.32 Å². The van der Waals surface area contributed by atoms with Crippen molar-refractivity contribution in [3.8, 4) is 0 Å². The Bertz CT molecular complexity index is 302. The third kappa shape index (κ3) is 6.10. The van der Waals surface area contributed by atoms with Crippen molar-refractivity contribution in [3.63, 3.8) is 0 Å². The van der Waals surface area contributed by atoms with Crippen LogP contribution >= 0.6 is 0 Å². The predicted octanol–water partition coefficient (Wildman–Crippen LogP) is 0.214. The highest BCUT2D eigenvalue weighted by atomic mass is 19.4. The van der Waals surface area contributed by atoms with Crippen molar-refractivity contribution >= 4 is 11.9 Å². The van der Waals surface area contributed by atoms with Gasteiger partial charge >= 0.3 is 12.1 Å². The molecule has 1 amide bonds. The predicted molar refractivity (Wildman–Crippen MR) is 51.3 cm³/mol. The van der Waals surface area contributed by atoms with E-state index in [2.05, 4.69) is 0 Å². The molecule has 0 unspecified atom stereocenters. The number of carboxylic acids is 1. The summed E-state index contributed by atoms with van der Waals surface area (Å²) in [6.07, 6.45) is -2.90. The summed E-state index contributed by atoms with van der Waals surface area (Å²) in [5.74, 6) is -1.91. The summed E-state index contributed by atoms with van der Waals surface area (Å²) in [5.41, 5.74) is 0. The number of halogens is 3. The van der Waals surface area contributed by atoms with E-state index in [0.29, 0.717) is 0 Å². The first-order valence-electron chi connectivity index (χ1n) is 5.07. The van der Waals surface area contributed by atoms with Crippen LogP contribution in [0, 0.1) is 0 Å². The number of nitrogens with one attached hydrogen (secondary N) is 1. The Morgan fingerprint density at radius 2 is 1.88 bits per heavy atom. The van der Waals surface area contributed by atoms with E-state index in [1.807, 2.05) is 0 Å². The summed E-state index contributed by atoms with van der Waals surface area (Å²) in [6, 6.07) is 0.00253. The van der Waals surface area contributed by atoms with Gasteiger partial charge in [-0.2, -0.15) is 13.2 Å². The molecule has 8 heteroatoms. The van der Waals surface area contributed by atoms with E-state index in [0.717, 1.165) is 12.8 Å². The van der Waals surface area contributed by atoms with Gasteiger partial charge in [0.2, 0.25) is 5.91 Å². The fourth-order valence-electron chi connectivity index (χ4n) is 1.37. The fraction of sp³-hybridized carbons (Fsp3) is 0.778. The van der Waals surface area contributed by atoms with E-state index in [-0.39, 0.29) is 19.1 Å². The second kappa shape index (κ2) is 5.35. The highest BCUT2D eigenvalue weighted by Crippen LogP contribution is 2.26. The molecule has 0 atom stereocenters. The normalized spacial score (nSPS) is 16.0. The number of hydrogen-bond acceptors (Lipinski definition) is 3. The van der Waals surface area contributed by atoms with Crippen LogP contribution in [0.1, 0.15) is 12.8 Å². The minimum Gasteiger partial charge on any atom is -0.480 e. The Balaban J connectivity index is 2.34. The van der Waals surface area contributed by atoms with Crippen molar-refractivity contribution in [2.24, 2.45) is 0 Å². The van der Waals surface area contributed by atoms with Crippen LogP contribution in [-0.4, -0.2) is 53.7 Å². The molecule has 0 aliphatic heterocycles. The third-order valence-corrected chi connectivity index (χ3v) is 2.23. The zero-order valence-electron chi connectivity index (χ0n) is 8.96. The van der Waals surface area contributed by atoms with Crippen LogP contribution in [0.15, 0.2) is 0 Å². The van der Waals surface area contributed by atoms with Crippen LogP contribution in [0.4, 0.5) is 13.2 Å². The lowest BCUT2D eigenvalue weighted by atomic mass is 10.4. The Morgan fingerprint density at radius 3 is 2.29 bits per heavy atom. The van der Waals surface area contributed by atoms with Crippen molar-refractivity contribution in [1.29, 1.82) is 0 Å². The molecule has 5 nitrogen and oxygen atoms in total. The van der Waals surface area contributed by atoms with E-state index in [4.69, 9.17) is 5.11 Å². The van der Waals surface area contributed by atoms with Gasteiger partial charge in [0, 0.05) is 6.04 Å². The zero-order valence-corrected chi connectivity index (χ0v) is 8.96. The van der Waals surface area contributed by atoms with Crippen LogP contribution in [-0.2, 0) is 9.59 Å². The van der Waals surface area contributed by atoms with Crippen molar-refractivity contribution in [2.45, 2.75) is 25.1 Å². The van der Waals surface area contributed by atoms with E-state index < -0.39 is 24.6 Å². The first-order valence-corrected chi connectivity index (χ1v) is 5.07. The molecular formula is C9H13F3N2O3. The molecule has 17 heavy (non-hydrogen) atoms. The molecule has 0 radical (unpaired) electrons. The van der Waals surface area contributed by atoms with Gasteiger partial charge in [0.25, 0.3) is 0 Å². The van der Waals surface area contributed by atoms with Gasteiger partial charge in [-0.05, 0) is 12.8 Å². The lowest BCUT2D eigenvalue weighted by Crippen LogP contribution is -2.43. The number of carbonyl (C=O) groups excluding carboxylic acids is 1. The lowest BCUT2D eigenvalue weighted by molar-refractivity contribution is -0.142. The summed E-state index contributed by atoms with van der Waals surface area (Å²) < 4.78 is 35.4. The van der Waals surface area contributed by atoms with Gasteiger partial charge in [0.15, 0.2) is 0 Å². The molecule has 0 aromatic rings. The third-order valence-electron chi connectivity index (χ3n) is 2.23. The molecule has 1 rings (SSSR count). The van der Waals surface area contributed by atoms with Gasteiger partial charge in [0.1, 0.15) is 6.54 Å². The first kappa shape index (κ1) is 13.8. The fourth-order valence-corrected chi connectivity index (χ4v) is 1.37. The molecule has 0 aromatic heterocycles. The number of aliphatic carboxylic acids is 1. The van der Waals surface area contributed by atoms with E-state index >= 15 is 0 Å². The Morgan fingerprint density at radius 1 is 1.29 bits per heavy atom. The number of carboxylic acid groups (broad SMARTS) is 1. The molecule has 1 aliphatic rings. The second-order valence-electron chi connectivity index (χ2n) is 3.92. The van der Waals surface area contributed by atoms with Gasteiger partial charge in [-0.25, -0.2) is 0 Å². The SMILES string of the molecule is O=C(O)CN(CC(=O)NCC(F)(F)F)C1CC1. The van der Waals surface area contributed by atoms with Gasteiger partial charge in [0.05, 0.1) is 13.1 Å². The molecular weight excluding hydrogens is 241 g/mol. The standard InChI is InChI=1S/C9H13F3N2O3/c10-9(11,12)5-13-7(15)3-14(4-8(16)17)6-1-2-6/h6H,1-5H2,(H,13,15)(H,16,17). The van der Waals surface area contributed by atoms with E-state index in [1.54, 1.807) is 5.32 Å². The average Bonchev–Trinajstić information content (AvgIpc) is 2.94.